The number of nitrogens with one attached hydrogen (secondary N) is 2. The van der Waals surface area contributed by atoms with Crippen molar-refractivity contribution < 1.29 is 14.4 Å². The Labute approximate surface area is 163 Å². The number of aryl methyl sites for hydroxylation is 1. The molecule has 148 valence electrons. The molecular formula is C20H25N5O3. The number of rotatable bonds is 5. The zero-order valence-electron chi connectivity index (χ0n) is 15.9. The molecule has 0 radical (unpaired) electrons. The largest absolute Gasteiger partial charge is 0.354 e. The molecule has 0 spiro atoms. The summed E-state index contributed by atoms with van der Waals surface area (Å²) in [5.41, 5.74) is 1.05. The maximum Gasteiger partial charge on any atom is 0.233 e. The Morgan fingerprint density at radius 1 is 1.21 bits per heavy atom. The number of imide groups is 1. The quantitative estimate of drug-likeness (QED) is 0.535. The molecule has 2 aliphatic heterocycles. The van der Waals surface area contributed by atoms with Crippen LogP contribution in [-0.2, 0) is 21.4 Å². The highest BCUT2D eigenvalue weighted by molar-refractivity contribution is 6.06. The molecule has 1 aromatic rings. The summed E-state index contributed by atoms with van der Waals surface area (Å²) in [4.78, 5) is 39.5. The monoisotopic (exact) mass is 383 g/mol. The number of nitrogens with zero attached hydrogens (tertiary/aromatic N) is 3. The van der Waals surface area contributed by atoms with E-state index in [4.69, 9.17) is 0 Å². The van der Waals surface area contributed by atoms with E-state index in [-0.39, 0.29) is 59.8 Å². The summed E-state index contributed by atoms with van der Waals surface area (Å²) >= 11 is 0. The fourth-order valence-corrected chi connectivity index (χ4v) is 5.54. The van der Waals surface area contributed by atoms with E-state index in [1.807, 2.05) is 13.2 Å². The van der Waals surface area contributed by atoms with Crippen molar-refractivity contribution in [3.05, 3.63) is 30.1 Å². The number of allylic oxidation sites excluding steroid dienone is 2. The smallest absolute Gasteiger partial charge is 0.233 e. The van der Waals surface area contributed by atoms with Gasteiger partial charge in [0.2, 0.25) is 17.7 Å². The number of amides is 3. The molecule has 2 aliphatic carbocycles. The third-order valence-corrected chi connectivity index (χ3v) is 6.90. The van der Waals surface area contributed by atoms with E-state index < -0.39 is 0 Å². The Balaban J connectivity index is 1.18. The van der Waals surface area contributed by atoms with Crippen LogP contribution < -0.4 is 10.6 Å². The topological polar surface area (TPSA) is 96.3 Å². The number of hydrogen-bond acceptors (Lipinski definition) is 5. The number of likely N-dealkylation sites (tertiary alicyclic amines) is 1. The lowest BCUT2D eigenvalue weighted by atomic mass is 9.85. The SMILES string of the molecule is Cn1cc([C@H]2CNC[C@@H]2C(=O)NCCN2C(=O)C3C4C=CC(C4)C3C2=O)cn1. The van der Waals surface area contributed by atoms with Gasteiger partial charge in [0.1, 0.15) is 0 Å². The lowest BCUT2D eigenvalue weighted by Gasteiger charge is -2.20. The molecule has 1 aromatic heterocycles. The summed E-state index contributed by atoms with van der Waals surface area (Å²) in [6.07, 6.45) is 8.87. The summed E-state index contributed by atoms with van der Waals surface area (Å²) in [5, 5.41) is 10.4. The summed E-state index contributed by atoms with van der Waals surface area (Å²) in [6.45, 7) is 1.92. The highest BCUT2D eigenvalue weighted by Crippen LogP contribution is 2.52. The fraction of sp³-hybridized carbons (Fsp3) is 0.600. The van der Waals surface area contributed by atoms with E-state index in [2.05, 4.69) is 27.9 Å². The van der Waals surface area contributed by atoms with Gasteiger partial charge in [0.15, 0.2) is 0 Å². The van der Waals surface area contributed by atoms with Gasteiger partial charge in [0.05, 0.1) is 24.0 Å². The van der Waals surface area contributed by atoms with Gasteiger partial charge in [0, 0.05) is 45.3 Å². The molecule has 8 nitrogen and oxygen atoms in total. The van der Waals surface area contributed by atoms with Crippen LogP contribution in [0.2, 0.25) is 0 Å². The van der Waals surface area contributed by atoms with Crippen LogP contribution >= 0.6 is 0 Å². The van der Waals surface area contributed by atoms with Crippen LogP contribution in [0.1, 0.15) is 17.9 Å². The predicted octanol–water partition coefficient (Wildman–Crippen LogP) is -0.354. The molecule has 2 saturated heterocycles. The van der Waals surface area contributed by atoms with E-state index in [9.17, 15) is 14.4 Å². The van der Waals surface area contributed by atoms with Crippen LogP contribution in [0.4, 0.5) is 0 Å². The van der Waals surface area contributed by atoms with Gasteiger partial charge in [-0.3, -0.25) is 24.0 Å². The zero-order chi connectivity index (χ0) is 19.4. The van der Waals surface area contributed by atoms with Crippen molar-refractivity contribution in [2.45, 2.75) is 12.3 Å². The van der Waals surface area contributed by atoms with E-state index in [1.54, 1.807) is 10.9 Å². The second-order valence-electron chi connectivity index (χ2n) is 8.44. The van der Waals surface area contributed by atoms with Crippen molar-refractivity contribution in [1.82, 2.24) is 25.3 Å². The fourth-order valence-electron chi connectivity index (χ4n) is 5.54. The highest BCUT2D eigenvalue weighted by Gasteiger charge is 2.59. The maximum atomic E-state index is 12.7. The third-order valence-electron chi connectivity index (χ3n) is 6.90. The van der Waals surface area contributed by atoms with Crippen LogP contribution in [0, 0.1) is 29.6 Å². The summed E-state index contributed by atoms with van der Waals surface area (Å²) in [7, 11) is 1.86. The van der Waals surface area contributed by atoms with E-state index in [0.29, 0.717) is 13.1 Å². The molecule has 8 heteroatoms. The van der Waals surface area contributed by atoms with Crippen molar-refractivity contribution in [3.8, 4) is 0 Å². The third kappa shape index (κ3) is 2.62. The van der Waals surface area contributed by atoms with Gasteiger partial charge in [-0.2, -0.15) is 5.10 Å². The van der Waals surface area contributed by atoms with Crippen LogP contribution in [0.5, 0.6) is 0 Å². The first kappa shape index (κ1) is 17.6. The van der Waals surface area contributed by atoms with Crippen molar-refractivity contribution in [2.24, 2.45) is 36.6 Å². The second-order valence-corrected chi connectivity index (χ2v) is 8.44. The molecule has 1 saturated carbocycles. The molecule has 3 amide bonds. The van der Waals surface area contributed by atoms with Crippen molar-refractivity contribution >= 4 is 17.7 Å². The first-order valence-corrected chi connectivity index (χ1v) is 10.0. The lowest BCUT2D eigenvalue weighted by molar-refractivity contribution is -0.141. The summed E-state index contributed by atoms with van der Waals surface area (Å²) in [6, 6.07) is 0. The normalized spacial score (nSPS) is 35.8. The van der Waals surface area contributed by atoms with Crippen molar-refractivity contribution in [1.29, 1.82) is 0 Å². The predicted molar refractivity (Wildman–Crippen MR) is 99.8 cm³/mol. The molecule has 0 aromatic carbocycles. The zero-order valence-corrected chi connectivity index (χ0v) is 15.9. The molecule has 5 rings (SSSR count). The van der Waals surface area contributed by atoms with E-state index in [1.165, 1.54) is 4.90 Å². The van der Waals surface area contributed by atoms with Gasteiger partial charge in [-0.1, -0.05) is 12.2 Å². The molecule has 3 fully saturated rings. The average Bonchev–Trinajstić information content (AvgIpc) is 3.47. The number of fused-ring (bicyclic) bond motifs is 5. The van der Waals surface area contributed by atoms with E-state index >= 15 is 0 Å². The molecule has 2 N–H and O–H groups in total. The molecule has 3 heterocycles. The first-order valence-electron chi connectivity index (χ1n) is 10.0. The lowest BCUT2D eigenvalue weighted by Crippen LogP contribution is -2.42. The number of carbonyl (C=O) groups excluding carboxylic acids is 3. The van der Waals surface area contributed by atoms with Crippen LogP contribution in [-0.4, -0.2) is 58.6 Å². The maximum absolute atomic E-state index is 12.7. The molecular weight excluding hydrogens is 358 g/mol. The van der Waals surface area contributed by atoms with Crippen LogP contribution in [0.25, 0.3) is 0 Å². The number of hydrogen-bond donors (Lipinski definition) is 2. The minimum atomic E-state index is -0.174. The van der Waals surface area contributed by atoms with Crippen molar-refractivity contribution in [3.63, 3.8) is 0 Å². The summed E-state index contributed by atoms with van der Waals surface area (Å²) < 4.78 is 1.74. The molecule has 4 aliphatic rings. The Morgan fingerprint density at radius 3 is 2.57 bits per heavy atom. The van der Waals surface area contributed by atoms with Crippen LogP contribution in [0.15, 0.2) is 24.5 Å². The Hall–Kier alpha value is -2.48. The second kappa shape index (κ2) is 6.55. The van der Waals surface area contributed by atoms with E-state index in [0.717, 1.165) is 18.5 Å². The Morgan fingerprint density at radius 2 is 1.93 bits per heavy atom. The summed E-state index contributed by atoms with van der Waals surface area (Å²) in [5.74, 6) is -0.155. The minimum Gasteiger partial charge on any atom is -0.354 e. The van der Waals surface area contributed by atoms with Crippen LogP contribution in [0.3, 0.4) is 0 Å². The van der Waals surface area contributed by atoms with Gasteiger partial charge in [0.25, 0.3) is 0 Å². The van der Waals surface area contributed by atoms with Gasteiger partial charge in [-0.15, -0.1) is 0 Å². The van der Waals surface area contributed by atoms with Gasteiger partial charge in [-0.25, -0.2) is 0 Å². The minimum absolute atomic E-state index is 0.0418. The van der Waals surface area contributed by atoms with Gasteiger partial charge >= 0.3 is 0 Å². The number of carbonyl (C=O) groups is 3. The molecule has 2 bridgehead atoms. The Kier molecular flexibility index (Phi) is 4.12. The Bertz CT molecular complexity index is 832. The van der Waals surface area contributed by atoms with Gasteiger partial charge in [-0.05, 0) is 23.8 Å². The average molecular weight is 383 g/mol. The molecule has 4 unspecified atom stereocenters. The first-order chi connectivity index (χ1) is 13.5. The standard InChI is InChI=1S/C20H25N5O3/c1-24-10-13(7-23-24)14-8-21-9-15(14)18(26)22-4-5-25-19(27)16-11-2-3-12(6-11)17(16)20(25)28/h2-3,7,10-12,14-17,21H,4-6,8-9H2,1H3,(H,22,26)/t11?,12?,14-,15+,16?,17?/m1/s1. The molecule has 28 heavy (non-hydrogen) atoms. The number of aromatic nitrogens is 2. The highest BCUT2D eigenvalue weighted by atomic mass is 16.2. The van der Waals surface area contributed by atoms with Gasteiger partial charge < -0.3 is 10.6 Å². The van der Waals surface area contributed by atoms with Crippen molar-refractivity contribution in [2.75, 3.05) is 26.2 Å². The molecule has 6 atom stereocenters.